The minimum absolute atomic E-state index is 0.385. The van der Waals surface area contributed by atoms with E-state index in [0.717, 1.165) is 6.08 Å². The van der Waals surface area contributed by atoms with Crippen LogP contribution < -0.4 is 0 Å². The van der Waals surface area contributed by atoms with Gasteiger partial charge in [-0.05, 0) is 11.6 Å². The average molecular weight is 331 g/mol. The summed E-state index contributed by atoms with van der Waals surface area (Å²) in [7, 11) is 0. The first-order valence-electron chi connectivity index (χ1n) is 6.61. The van der Waals surface area contributed by atoms with Crippen LogP contribution in [0.25, 0.3) is 10.4 Å². The van der Waals surface area contributed by atoms with Gasteiger partial charge in [-0.3, -0.25) is 4.79 Å². The fourth-order valence-electron chi connectivity index (χ4n) is 2.19. The van der Waals surface area contributed by atoms with Gasteiger partial charge in [0, 0.05) is 17.3 Å². The van der Waals surface area contributed by atoms with Crippen LogP contribution in [0.1, 0.15) is 6.42 Å². The number of Topliss-reactive ketones (excluding diaryl/α,β-unsaturated/α-hetero) is 1. The van der Waals surface area contributed by atoms with Crippen LogP contribution in [0.15, 0.2) is 16.9 Å². The minimum atomic E-state index is -1.74. The number of carbonyl (C=O) groups excluding carboxylic acids is 1. The van der Waals surface area contributed by atoms with Crippen LogP contribution in [0, 0.1) is 5.92 Å². The predicted octanol–water partition coefficient (Wildman–Crippen LogP) is -1.69. The normalized spacial score (nSPS) is 26.3. The van der Waals surface area contributed by atoms with Crippen LogP contribution in [0.4, 0.5) is 0 Å². The third-order valence-corrected chi connectivity index (χ3v) is 3.35. The molecule has 11 nitrogen and oxygen atoms in total. The van der Waals surface area contributed by atoms with Crippen LogP contribution in [-0.4, -0.2) is 74.9 Å². The number of azide groups is 1. The number of carboxylic acid groups (broad SMARTS) is 1. The van der Waals surface area contributed by atoms with E-state index in [4.69, 9.17) is 20.5 Å². The van der Waals surface area contributed by atoms with Crippen molar-refractivity contribution in [2.45, 2.75) is 30.8 Å². The molecule has 1 heterocycles. The zero-order valence-corrected chi connectivity index (χ0v) is 11.9. The van der Waals surface area contributed by atoms with Gasteiger partial charge in [-0.1, -0.05) is 5.11 Å². The van der Waals surface area contributed by atoms with Gasteiger partial charge in [0.15, 0.2) is 0 Å². The Morgan fingerprint density at radius 2 is 2.09 bits per heavy atom. The molecule has 0 amide bonds. The highest BCUT2D eigenvalue weighted by molar-refractivity contribution is 5.85. The summed E-state index contributed by atoms with van der Waals surface area (Å²) in [5, 5.41) is 50.3. The molecular formula is C12H17N3O8. The number of aliphatic hydroxyl groups is 4. The maximum Gasteiger partial charge on any atom is 0.370 e. The van der Waals surface area contributed by atoms with Gasteiger partial charge in [0.2, 0.25) is 5.76 Å². The Morgan fingerprint density at radius 3 is 2.61 bits per heavy atom. The number of aliphatic carboxylic acids is 1. The van der Waals surface area contributed by atoms with E-state index < -0.39 is 61.0 Å². The van der Waals surface area contributed by atoms with Crippen LogP contribution in [0.2, 0.25) is 0 Å². The van der Waals surface area contributed by atoms with Gasteiger partial charge in [-0.2, -0.15) is 0 Å². The summed E-state index contributed by atoms with van der Waals surface area (Å²) >= 11 is 0. The number of nitrogens with zero attached hydrogens (tertiary/aromatic N) is 3. The SMILES string of the molecule is [N-]=[N+]=NCC(=O)C[C@H]1C(C(O)C(O)CO)OC(C(=O)O)=C[C@H]1O. The third kappa shape index (κ3) is 4.91. The molecule has 0 aromatic heterocycles. The lowest BCUT2D eigenvalue weighted by Gasteiger charge is -2.37. The molecule has 0 radical (unpaired) electrons. The Hall–Kier alpha value is -2.17. The van der Waals surface area contributed by atoms with E-state index in [1.807, 2.05) is 0 Å². The van der Waals surface area contributed by atoms with Crippen molar-refractivity contribution in [2.75, 3.05) is 13.2 Å². The topological polar surface area (TPSA) is 193 Å². The maximum absolute atomic E-state index is 11.7. The molecule has 1 aliphatic heterocycles. The van der Waals surface area contributed by atoms with Crippen LogP contribution in [0.5, 0.6) is 0 Å². The van der Waals surface area contributed by atoms with Crippen LogP contribution in [0.3, 0.4) is 0 Å². The van der Waals surface area contributed by atoms with Crippen molar-refractivity contribution < 1.29 is 39.9 Å². The Balaban J connectivity index is 3.02. The Bertz CT molecular complexity index is 530. The first-order chi connectivity index (χ1) is 10.8. The number of carboxylic acids is 1. The molecule has 3 unspecified atom stereocenters. The van der Waals surface area contributed by atoms with E-state index >= 15 is 0 Å². The highest BCUT2D eigenvalue weighted by atomic mass is 16.5. The number of hydrogen-bond acceptors (Lipinski definition) is 8. The second-order valence-corrected chi connectivity index (χ2v) is 4.95. The maximum atomic E-state index is 11.7. The molecule has 0 saturated carbocycles. The summed E-state index contributed by atoms with van der Waals surface area (Å²) in [4.78, 5) is 25.1. The molecule has 5 N–H and O–H groups in total. The number of rotatable bonds is 8. The zero-order chi connectivity index (χ0) is 17.6. The van der Waals surface area contributed by atoms with Crippen molar-refractivity contribution in [1.29, 1.82) is 0 Å². The number of aliphatic hydroxyl groups excluding tert-OH is 4. The summed E-state index contributed by atoms with van der Waals surface area (Å²) in [6.45, 7) is -1.32. The molecule has 1 rings (SSSR count). The van der Waals surface area contributed by atoms with Gasteiger partial charge in [0.25, 0.3) is 0 Å². The standard InChI is InChI=1S/C12H17N3O8/c13-15-14-3-5(17)1-6-7(18)2-9(12(21)22)23-11(6)10(20)8(19)4-16/h2,6-8,10-11,16,18-20H,1,3-4H2,(H,21,22)/t6-,7-,8?,10?,11?/m1/s1. The number of ketones is 1. The third-order valence-electron chi connectivity index (χ3n) is 3.35. The summed E-state index contributed by atoms with van der Waals surface area (Å²) in [6.07, 6.45) is -5.81. The Labute approximate surface area is 130 Å². The number of carbonyl (C=O) groups is 2. The summed E-state index contributed by atoms with van der Waals surface area (Å²) in [6, 6.07) is 0. The molecule has 0 fully saturated rings. The lowest BCUT2D eigenvalue weighted by molar-refractivity contribution is -0.154. The molecule has 0 bridgehead atoms. The molecule has 128 valence electrons. The quantitative estimate of drug-likeness (QED) is 0.197. The van der Waals surface area contributed by atoms with Gasteiger partial charge >= 0.3 is 5.97 Å². The summed E-state index contributed by atoms with van der Waals surface area (Å²) < 4.78 is 5.05. The number of ether oxygens (including phenoxy) is 1. The molecule has 0 aliphatic carbocycles. The van der Waals surface area contributed by atoms with Crippen molar-refractivity contribution in [3.63, 3.8) is 0 Å². The Kier molecular flexibility index (Phi) is 6.94. The van der Waals surface area contributed by atoms with E-state index in [1.54, 1.807) is 0 Å². The monoisotopic (exact) mass is 331 g/mol. The van der Waals surface area contributed by atoms with E-state index in [2.05, 4.69) is 10.0 Å². The average Bonchev–Trinajstić information content (AvgIpc) is 2.52. The molecule has 5 atom stereocenters. The fraction of sp³-hybridized carbons (Fsp3) is 0.667. The molecule has 0 spiro atoms. The van der Waals surface area contributed by atoms with Gasteiger partial charge in [-0.25, -0.2) is 4.79 Å². The van der Waals surface area contributed by atoms with Crippen LogP contribution >= 0.6 is 0 Å². The molecule has 0 aromatic rings. The lowest BCUT2D eigenvalue weighted by Crippen LogP contribution is -2.51. The van der Waals surface area contributed by atoms with Crippen molar-refractivity contribution in [3.8, 4) is 0 Å². The number of hydrogen-bond donors (Lipinski definition) is 5. The lowest BCUT2D eigenvalue weighted by atomic mass is 9.84. The highest BCUT2D eigenvalue weighted by Gasteiger charge is 2.43. The first-order valence-corrected chi connectivity index (χ1v) is 6.61. The van der Waals surface area contributed by atoms with Crippen molar-refractivity contribution in [3.05, 3.63) is 22.3 Å². The van der Waals surface area contributed by atoms with Gasteiger partial charge in [0.05, 0.1) is 19.3 Å². The fourth-order valence-corrected chi connectivity index (χ4v) is 2.19. The van der Waals surface area contributed by atoms with Gasteiger partial charge < -0.3 is 30.3 Å². The van der Waals surface area contributed by atoms with Crippen molar-refractivity contribution >= 4 is 11.8 Å². The van der Waals surface area contributed by atoms with E-state index in [-0.39, 0.29) is 6.42 Å². The smallest absolute Gasteiger partial charge is 0.370 e. The summed E-state index contributed by atoms with van der Waals surface area (Å²) in [5.74, 6) is -3.81. The van der Waals surface area contributed by atoms with Crippen molar-refractivity contribution in [1.82, 2.24) is 0 Å². The second-order valence-electron chi connectivity index (χ2n) is 4.95. The van der Waals surface area contributed by atoms with E-state index in [0.29, 0.717) is 0 Å². The second kappa shape index (κ2) is 8.46. The molecule has 11 heteroatoms. The predicted molar refractivity (Wildman–Crippen MR) is 72.8 cm³/mol. The van der Waals surface area contributed by atoms with Crippen LogP contribution in [-0.2, 0) is 14.3 Å². The molecular weight excluding hydrogens is 314 g/mol. The summed E-state index contributed by atoms with van der Waals surface area (Å²) in [5.41, 5.74) is 8.17. The molecule has 0 saturated heterocycles. The highest BCUT2D eigenvalue weighted by Crippen LogP contribution is 2.30. The Morgan fingerprint density at radius 1 is 1.43 bits per heavy atom. The zero-order valence-electron chi connectivity index (χ0n) is 11.9. The van der Waals surface area contributed by atoms with E-state index in [9.17, 15) is 24.9 Å². The minimum Gasteiger partial charge on any atom is -0.480 e. The van der Waals surface area contributed by atoms with Gasteiger partial charge in [-0.15, -0.1) is 0 Å². The van der Waals surface area contributed by atoms with E-state index in [1.165, 1.54) is 0 Å². The first kappa shape index (κ1) is 18.9. The molecule has 1 aliphatic rings. The van der Waals surface area contributed by atoms with Crippen molar-refractivity contribution in [2.24, 2.45) is 11.0 Å². The largest absolute Gasteiger partial charge is 0.480 e. The molecule has 0 aromatic carbocycles. The molecule has 23 heavy (non-hydrogen) atoms. The van der Waals surface area contributed by atoms with Gasteiger partial charge in [0.1, 0.15) is 24.1 Å².